The van der Waals surface area contributed by atoms with Crippen LogP contribution in [-0.4, -0.2) is 36.2 Å². The Bertz CT molecular complexity index is 367. The Labute approximate surface area is 109 Å². The predicted molar refractivity (Wildman–Crippen MR) is 72.5 cm³/mol. The van der Waals surface area contributed by atoms with E-state index in [1.807, 2.05) is 26.8 Å². The molecule has 0 unspecified atom stereocenters. The molecule has 1 heterocycles. The summed E-state index contributed by atoms with van der Waals surface area (Å²) in [6, 6.07) is 1.92. The molecule has 3 N–H and O–H groups in total. The summed E-state index contributed by atoms with van der Waals surface area (Å²) < 4.78 is 0. The van der Waals surface area contributed by atoms with Gasteiger partial charge in [-0.3, -0.25) is 9.78 Å². The maximum atomic E-state index is 11.4. The molecule has 0 atom stereocenters. The van der Waals surface area contributed by atoms with Crippen LogP contribution in [-0.2, 0) is 6.54 Å². The number of carbonyl (C=O) groups is 1. The highest BCUT2D eigenvalue weighted by Crippen LogP contribution is 2.07. The molecule has 1 amide bonds. The van der Waals surface area contributed by atoms with Crippen molar-refractivity contribution in [3.05, 3.63) is 29.1 Å². The summed E-state index contributed by atoms with van der Waals surface area (Å²) in [5.74, 6) is -0.174. The number of aromatic nitrogens is 1. The van der Waals surface area contributed by atoms with E-state index in [1.165, 1.54) is 0 Å². The van der Waals surface area contributed by atoms with E-state index in [-0.39, 0.29) is 12.5 Å². The van der Waals surface area contributed by atoms with Gasteiger partial charge in [0, 0.05) is 26.3 Å². The van der Waals surface area contributed by atoms with Crippen molar-refractivity contribution in [2.24, 2.45) is 0 Å². The molecular weight excluding hydrogens is 230 g/mol. The topological polar surface area (TPSA) is 74.2 Å². The third-order valence-corrected chi connectivity index (χ3v) is 2.19. The maximum Gasteiger partial charge on any atom is 0.269 e. The van der Waals surface area contributed by atoms with Gasteiger partial charge in [-0.2, -0.15) is 0 Å². The van der Waals surface area contributed by atoms with Crippen LogP contribution >= 0.6 is 0 Å². The first-order valence-electron chi connectivity index (χ1n) is 6.18. The molecule has 0 aliphatic rings. The molecule has 5 nitrogen and oxygen atoms in total. The van der Waals surface area contributed by atoms with Crippen LogP contribution < -0.4 is 10.6 Å². The third-order valence-electron chi connectivity index (χ3n) is 2.19. The van der Waals surface area contributed by atoms with Gasteiger partial charge in [0.15, 0.2) is 0 Å². The summed E-state index contributed by atoms with van der Waals surface area (Å²) in [4.78, 5) is 15.5. The lowest BCUT2D eigenvalue weighted by Crippen LogP contribution is -2.21. The summed E-state index contributed by atoms with van der Waals surface area (Å²) in [7, 11) is 1.58. The van der Waals surface area contributed by atoms with Gasteiger partial charge in [0.25, 0.3) is 5.91 Å². The third kappa shape index (κ3) is 5.25. The fourth-order valence-electron chi connectivity index (χ4n) is 1.40. The van der Waals surface area contributed by atoms with Gasteiger partial charge in [-0.1, -0.05) is 19.9 Å². The van der Waals surface area contributed by atoms with E-state index in [4.69, 9.17) is 5.11 Å². The van der Waals surface area contributed by atoms with Gasteiger partial charge >= 0.3 is 0 Å². The predicted octanol–water partition coefficient (Wildman–Crippen LogP) is 0.858. The molecule has 0 radical (unpaired) electrons. The number of carbonyl (C=O) groups excluding carboxylic acids is 1. The minimum Gasteiger partial charge on any atom is -0.395 e. The molecule has 0 saturated heterocycles. The van der Waals surface area contributed by atoms with Crippen LogP contribution in [0.15, 0.2) is 12.3 Å². The highest BCUT2D eigenvalue weighted by Gasteiger charge is 2.08. The Morgan fingerprint density at radius 2 is 2.11 bits per heavy atom. The van der Waals surface area contributed by atoms with Crippen LogP contribution in [0, 0.1) is 6.92 Å². The second-order valence-electron chi connectivity index (χ2n) is 3.49. The lowest BCUT2D eigenvalue weighted by Gasteiger charge is -2.07. The Morgan fingerprint density at radius 1 is 1.44 bits per heavy atom. The molecule has 5 heteroatoms. The molecule has 0 spiro atoms. The van der Waals surface area contributed by atoms with Gasteiger partial charge in [0.05, 0.1) is 6.61 Å². The number of pyridine rings is 1. The fraction of sp³-hybridized carbons (Fsp3) is 0.538. The summed E-state index contributed by atoms with van der Waals surface area (Å²) >= 11 is 0. The van der Waals surface area contributed by atoms with E-state index < -0.39 is 0 Å². The highest BCUT2D eigenvalue weighted by atomic mass is 16.3. The fourth-order valence-corrected chi connectivity index (χ4v) is 1.40. The number of amides is 1. The van der Waals surface area contributed by atoms with Crippen molar-refractivity contribution in [1.29, 1.82) is 0 Å². The van der Waals surface area contributed by atoms with Gasteiger partial charge in [0.1, 0.15) is 5.69 Å². The Morgan fingerprint density at radius 3 is 2.61 bits per heavy atom. The first kappa shape index (κ1) is 16.5. The van der Waals surface area contributed by atoms with Crippen LogP contribution in [0.5, 0.6) is 0 Å². The van der Waals surface area contributed by atoms with E-state index in [0.29, 0.717) is 18.8 Å². The molecule has 1 rings (SSSR count). The average molecular weight is 253 g/mol. The molecule has 0 aromatic carbocycles. The van der Waals surface area contributed by atoms with Crippen molar-refractivity contribution in [2.45, 2.75) is 27.3 Å². The minimum atomic E-state index is -0.174. The molecule has 0 aliphatic heterocycles. The molecule has 0 saturated carbocycles. The van der Waals surface area contributed by atoms with Crippen molar-refractivity contribution in [3.63, 3.8) is 0 Å². The quantitative estimate of drug-likeness (QED) is 0.680. The van der Waals surface area contributed by atoms with Crippen LogP contribution in [0.4, 0.5) is 0 Å². The van der Waals surface area contributed by atoms with Crippen molar-refractivity contribution in [1.82, 2.24) is 15.6 Å². The van der Waals surface area contributed by atoms with Gasteiger partial charge in [0.2, 0.25) is 0 Å². The minimum absolute atomic E-state index is 0.114. The molecule has 18 heavy (non-hydrogen) atoms. The van der Waals surface area contributed by atoms with E-state index in [0.717, 1.165) is 11.1 Å². The monoisotopic (exact) mass is 253 g/mol. The molecule has 0 aliphatic carbocycles. The maximum absolute atomic E-state index is 11.4. The van der Waals surface area contributed by atoms with Crippen LogP contribution in [0.25, 0.3) is 0 Å². The molecule has 0 bridgehead atoms. The SMILES string of the molecule is CC.CNC(=O)c1ncc(CNCCO)cc1C. The number of nitrogens with zero attached hydrogens (tertiary/aromatic N) is 1. The average Bonchev–Trinajstić information content (AvgIpc) is 2.41. The standard InChI is InChI=1S/C11H17N3O2.C2H6/c1-8-5-9(6-13-3-4-15)7-14-10(8)11(16)12-2;1-2/h5,7,13,15H,3-4,6H2,1-2H3,(H,12,16);1-2H3. The second kappa shape index (κ2) is 9.56. The van der Waals surface area contributed by atoms with Crippen molar-refractivity contribution in [2.75, 3.05) is 20.2 Å². The molecule has 1 aromatic rings. The summed E-state index contributed by atoms with van der Waals surface area (Å²) in [6.07, 6.45) is 1.67. The molecular formula is C13H23N3O2. The normalized spacial score (nSPS) is 9.39. The van der Waals surface area contributed by atoms with Crippen molar-refractivity contribution in [3.8, 4) is 0 Å². The first-order valence-corrected chi connectivity index (χ1v) is 6.18. The summed E-state index contributed by atoms with van der Waals surface area (Å²) in [5, 5.41) is 14.2. The number of aliphatic hydroxyl groups is 1. The first-order chi connectivity index (χ1) is 8.69. The zero-order valence-corrected chi connectivity index (χ0v) is 11.6. The zero-order valence-electron chi connectivity index (χ0n) is 11.6. The van der Waals surface area contributed by atoms with Crippen LogP contribution in [0.1, 0.15) is 35.5 Å². The molecule has 1 aromatic heterocycles. The van der Waals surface area contributed by atoms with Gasteiger partial charge in [-0.15, -0.1) is 0 Å². The number of hydrogen-bond donors (Lipinski definition) is 3. The number of aliphatic hydroxyl groups excluding tert-OH is 1. The Balaban J connectivity index is 0.00000137. The Hall–Kier alpha value is -1.46. The lowest BCUT2D eigenvalue weighted by atomic mass is 10.1. The van der Waals surface area contributed by atoms with Crippen molar-refractivity contribution >= 4 is 5.91 Å². The van der Waals surface area contributed by atoms with Gasteiger partial charge < -0.3 is 15.7 Å². The lowest BCUT2D eigenvalue weighted by molar-refractivity contribution is 0.0957. The number of aryl methyl sites for hydroxylation is 1. The number of rotatable bonds is 5. The summed E-state index contributed by atoms with van der Waals surface area (Å²) in [6.45, 7) is 7.16. The Kier molecular flexibility index (Phi) is 8.78. The van der Waals surface area contributed by atoms with Crippen LogP contribution in [0.3, 0.4) is 0 Å². The van der Waals surface area contributed by atoms with Gasteiger partial charge in [-0.25, -0.2) is 0 Å². The van der Waals surface area contributed by atoms with E-state index in [9.17, 15) is 4.79 Å². The largest absolute Gasteiger partial charge is 0.395 e. The molecule has 0 fully saturated rings. The highest BCUT2D eigenvalue weighted by molar-refractivity contribution is 5.93. The number of nitrogens with one attached hydrogen (secondary N) is 2. The molecule has 102 valence electrons. The van der Waals surface area contributed by atoms with E-state index in [1.54, 1.807) is 13.2 Å². The van der Waals surface area contributed by atoms with Crippen LogP contribution in [0.2, 0.25) is 0 Å². The van der Waals surface area contributed by atoms with Crippen molar-refractivity contribution < 1.29 is 9.90 Å². The van der Waals surface area contributed by atoms with E-state index >= 15 is 0 Å². The van der Waals surface area contributed by atoms with Gasteiger partial charge in [-0.05, 0) is 18.1 Å². The zero-order chi connectivity index (χ0) is 14.0. The number of hydrogen-bond acceptors (Lipinski definition) is 4. The van der Waals surface area contributed by atoms with E-state index in [2.05, 4.69) is 15.6 Å². The second-order valence-corrected chi connectivity index (χ2v) is 3.49. The smallest absolute Gasteiger partial charge is 0.269 e. The summed E-state index contributed by atoms with van der Waals surface area (Å²) in [5.41, 5.74) is 2.30.